The Morgan fingerprint density at radius 3 is 2.35 bits per heavy atom. The Hall–Kier alpha value is -1.07. The summed E-state index contributed by atoms with van der Waals surface area (Å²) in [6, 6.07) is 21.6. The molecule has 3 aromatic rings. The summed E-state index contributed by atoms with van der Waals surface area (Å²) in [5.41, 5.74) is 3.90. The van der Waals surface area contributed by atoms with Gasteiger partial charge in [0.2, 0.25) is 0 Å². The molecule has 0 aromatic heterocycles. The van der Waals surface area contributed by atoms with Crippen LogP contribution in [-0.4, -0.2) is 0 Å². The summed E-state index contributed by atoms with van der Waals surface area (Å²) in [6.45, 7) is 2.14. The van der Waals surface area contributed by atoms with E-state index in [1.54, 1.807) is 0 Å². The second-order valence-electron chi connectivity index (χ2n) is 4.24. The van der Waals surface area contributed by atoms with Crippen molar-refractivity contribution in [1.82, 2.24) is 0 Å². The zero-order chi connectivity index (χ0) is 11.0. The van der Waals surface area contributed by atoms with Gasteiger partial charge in [0.1, 0.15) is 0 Å². The van der Waals surface area contributed by atoms with Crippen LogP contribution in [-0.2, 0) is 26.2 Å². The smallest absolute Gasteiger partial charge is 0 e. The Morgan fingerprint density at radius 1 is 0.824 bits per heavy atom. The number of hydrogen-bond acceptors (Lipinski definition) is 0. The molecule has 0 N–H and O–H groups in total. The summed E-state index contributed by atoms with van der Waals surface area (Å²) in [5, 5.41) is 2.66. The topological polar surface area (TPSA) is 0 Å². The molecule has 0 amide bonds. The Bertz CT molecular complexity index is 620. The van der Waals surface area contributed by atoms with Crippen molar-refractivity contribution >= 4 is 10.8 Å². The van der Waals surface area contributed by atoms with Crippen molar-refractivity contribution in [2.24, 2.45) is 0 Å². The molecule has 0 saturated heterocycles. The van der Waals surface area contributed by atoms with Crippen LogP contribution in [0, 0.1) is 6.92 Å². The van der Waals surface area contributed by atoms with Gasteiger partial charge >= 0.3 is 0 Å². The van der Waals surface area contributed by atoms with Crippen LogP contribution in [0.25, 0.3) is 21.9 Å². The monoisotopic (exact) mass is 295 g/mol. The fourth-order valence-electron chi connectivity index (χ4n) is 2.17. The van der Waals surface area contributed by atoms with Crippen LogP contribution in [0.2, 0.25) is 0 Å². The minimum absolute atomic E-state index is 0. The van der Waals surface area contributed by atoms with Gasteiger partial charge in [-0.3, -0.25) is 0 Å². The van der Waals surface area contributed by atoms with Crippen molar-refractivity contribution in [3.8, 4) is 11.1 Å². The summed E-state index contributed by atoms with van der Waals surface area (Å²) in [5.74, 6) is 0. The molecule has 0 fully saturated rings. The largest absolute Gasteiger partial charge is 0.165 e. The first kappa shape index (κ1) is 12.4. The molecule has 17 heavy (non-hydrogen) atoms. The van der Waals surface area contributed by atoms with Crippen LogP contribution in [0.15, 0.2) is 60.7 Å². The second-order valence-corrected chi connectivity index (χ2v) is 4.24. The third-order valence-corrected chi connectivity index (χ3v) is 2.96. The van der Waals surface area contributed by atoms with Crippen LogP contribution in [0.3, 0.4) is 0 Å². The van der Waals surface area contributed by atoms with E-state index in [4.69, 9.17) is 0 Å². The first-order chi connectivity index (χ1) is 7.83. The molecule has 82 valence electrons. The predicted molar refractivity (Wildman–Crippen MR) is 69.7 cm³/mol. The molecule has 0 aliphatic heterocycles. The Labute approximate surface area is 121 Å². The molecule has 3 aromatic carbocycles. The zero-order valence-corrected chi connectivity index (χ0v) is 12.2. The molecule has 0 saturated carbocycles. The Morgan fingerprint density at radius 2 is 1.59 bits per heavy atom. The summed E-state index contributed by atoms with van der Waals surface area (Å²) >= 11 is 0. The molecule has 0 nitrogen and oxygen atoms in total. The summed E-state index contributed by atoms with van der Waals surface area (Å²) in [7, 11) is 0. The van der Waals surface area contributed by atoms with Crippen molar-refractivity contribution in [1.29, 1.82) is 0 Å². The van der Waals surface area contributed by atoms with E-state index >= 15 is 0 Å². The van der Waals surface area contributed by atoms with Crippen molar-refractivity contribution in [3.05, 3.63) is 66.2 Å². The van der Waals surface area contributed by atoms with Gasteiger partial charge in [-0.2, -0.15) is 6.07 Å². The maximum atomic E-state index is 2.26. The van der Waals surface area contributed by atoms with Crippen LogP contribution >= 0.6 is 0 Å². The van der Waals surface area contributed by atoms with Gasteiger partial charge in [-0.25, -0.2) is 0 Å². The van der Waals surface area contributed by atoms with E-state index in [-0.39, 0.29) is 26.2 Å². The van der Waals surface area contributed by atoms with E-state index in [1.165, 1.54) is 27.5 Å². The van der Waals surface area contributed by atoms with Crippen molar-refractivity contribution < 1.29 is 26.2 Å². The van der Waals surface area contributed by atoms with Crippen LogP contribution < -0.4 is 0 Å². The zero-order valence-electron chi connectivity index (χ0n) is 9.77. The Balaban J connectivity index is 0.00000108. The summed E-state index contributed by atoms with van der Waals surface area (Å²) in [6.07, 6.45) is 0. The first-order valence-electron chi connectivity index (χ1n) is 5.55. The SMILES string of the molecule is Cc1cc2cc(-c3ccccc3)ccc2[cH-]1.[Zr]. The van der Waals surface area contributed by atoms with E-state index in [0.717, 1.165) is 0 Å². The quantitative estimate of drug-likeness (QED) is 0.579. The van der Waals surface area contributed by atoms with E-state index in [2.05, 4.69) is 67.6 Å². The minimum Gasteiger partial charge on any atom is -0.165 e. The summed E-state index contributed by atoms with van der Waals surface area (Å²) in [4.78, 5) is 0. The van der Waals surface area contributed by atoms with Gasteiger partial charge in [0.15, 0.2) is 0 Å². The number of rotatable bonds is 1. The van der Waals surface area contributed by atoms with E-state index in [9.17, 15) is 0 Å². The van der Waals surface area contributed by atoms with Crippen LogP contribution in [0.5, 0.6) is 0 Å². The predicted octanol–water partition coefficient (Wildman–Crippen LogP) is 4.53. The number of aryl methyl sites for hydroxylation is 1. The third-order valence-electron chi connectivity index (χ3n) is 2.96. The van der Waals surface area contributed by atoms with Crippen LogP contribution in [0.1, 0.15) is 5.56 Å². The molecule has 1 heteroatoms. The first-order valence-corrected chi connectivity index (χ1v) is 5.55. The Kier molecular flexibility index (Phi) is 3.69. The van der Waals surface area contributed by atoms with Crippen molar-refractivity contribution in [2.45, 2.75) is 6.92 Å². The van der Waals surface area contributed by atoms with Gasteiger partial charge in [0.05, 0.1) is 0 Å². The number of hydrogen-bond donors (Lipinski definition) is 0. The van der Waals surface area contributed by atoms with Crippen molar-refractivity contribution in [2.75, 3.05) is 0 Å². The molecule has 0 atom stereocenters. The molecule has 0 unspecified atom stereocenters. The second kappa shape index (κ2) is 5.06. The molecule has 0 bridgehead atoms. The van der Waals surface area contributed by atoms with Crippen molar-refractivity contribution in [3.63, 3.8) is 0 Å². The maximum Gasteiger partial charge on any atom is 0 e. The molecular weight excluding hydrogens is 283 g/mol. The maximum absolute atomic E-state index is 2.26. The molecule has 3 rings (SSSR count). The average molecular weight is 297 g/mol. The van der Waals surface area contributed by atoms with Gasteiger partial charge in [-0.05, 0) is 11.1 Å². The van der Waals surface area contributed by atoms with Gasteiger partial charge in [-0.15, -0.1) is 28.5 Å². The molecule has 0 aliphatic carbocycles. The molecular formula is C16H13Zr-. The van der Waals surface area contributed by atoms with Gasteiger partial charge in [0.25, 0.3) is 0 Å². The van der Waals surface area contributed by atoms with E-state index < -0.39 is 0 Å². The van der Waals surface area contributed by atoms with Gasteiger partial charge in [-0.1, -0.05) is 49.4 Å². The van der Waals surface area contributed by atoms with Gasteiger partial charge < -0.3 is 0 Å². The number of fused-ring (bicyclic) bond motifs is 1. The number of benzene rings is 2. The fourth-order valence-corrected chi connectivity index (χ4v) is 2.17. The van der Waals surface area contributed by atoms with Gasteiger partial charge in [0, 0.05) is 26.2 Å². The van der Waals surface area contributed by atoms with E-state index in [0.29, 0.717) is 0 Å². The van der Waals surface area contributed by atoms with E-state index in [1.807, 2.05) is 0 Å². The fraction of sp³-hybridized carbons (Fsp3) is 0.0625. The summed E-state index contributed by atoms with van der Waals surface area (Å²) < 4.78 is 0. The molecule has 0 spiro atoms. The van der Waals surface area contributed by atoms with Crippen LogP contribution in [0.4, 0.5) is 0 Å². The minimum atomic E-state index is 0. The normalized spacial score (nSPS) is 10.2. The molecule has 0 aliphatic rings. The molecule has 0 radical (unpaired) electrons. The standard InChI is InChI=1S/C16H13.Zr/c1-12-9-14-7-8-15(11-16(14)10-12)13-5-3-2-4-6-13;/h2-11H,1H3;/q-1;. The average Bonchev–Trinajstić information content (AvgIpc) is 2.69. The third kappa shape index (κ3) is 2.45. The molecule has 0 heterocycles.